The van der Waals surface area contributed by atoms with Crippen molar-refractivity contribution in [2.75, 3.05) is 13.6 Å². The first-order chi connectivity index (χ1) is 10.6. The molecular weight excluding hydrogens is 302 g/mol. The van der Waals surface area contributed by atoms with E-state index < -0.39 is 11.3 Å². The van der Waals surface area contributed by atoms with Gasteiger partial charge in [-0.3, -0.25) is 4.99 Å². The molecule has 2 unspecified atom stereocenters. The molecule has 2 aliphatic heterocycles. The third-order valence-electron chi connectivity index (χ3n) is 4.19. The second-order valence-electron chi connectivity index (χ2n) is 5.48. The van der Waals surface area contributed by atoms with Crippen molar-refractivity contribution in [1.29, 1.82) is 0 Å². The summed E-state index contributed by atoms with van der Waals surface area (Å²) in [6, 6.07) is 9.50. The van der Waals surface area contributed by atoms with Gasteiger partial charge in [-0.05, 0) is 30.4 Å². The lowest BCUT2D eigenvalue weighted by Gasteiger charge is -2.17. The summed E-state index contributed by atoms with van der Waals surface area (Å²) in [5, 5.41) is 16.5. The minimum atomic E-state index is -0.894. The van der Waals surface area contributed by atoms with E-state index in [1.54, 1.807) is 19.2 Å². The molecule has 2 atom stereocenters. The highest BCUT2D eigenvalue weighted by Gasteiger charge is 2.76. The van der Waals surface area contributed by atoms with Gasteiger partial charge in [-0.25, -0.2) is 0 Å². The van der Waals surface area contributed by atoms with Crippen LogP contribution in [0.15, 0.2) is 58.6 Å². The maximum Gasteiger partial charge on any atom is 0.236 e. The van der Waals surface area contributed by atoms with Crippen LogP contribution in [-0.2, 0) is 4.74 Å². The molecule has 1 N–H and O–H groups in total. The molecular formula is C16H14ClN3O2. The van der Waals surface area contributed by atoms with E-state index in [-0.39, 0.29) is 6.54 Å². The van der Waals surface area contributed by atoms with E-state index in [1.807, 2.05) is 36.4 Å². The van der Waals surface area contributed by atoms with Crippen molar-refractivity contribution < 1.29 is 9.48 Å². The summed E-state index contributed by atoms with van der Waals surface area (Å²) in [7, 11) is 1.65. The van der Waals surface area contributed by atoms with E-state index in [1.165, 1.54) is 0 Å². The first-order valence-corrected chi connectivity index (χ1v) is 7.37. The fourth-order valence-electron chi connectivity index (χ4n) is 3.15. The molecule has 1 fully saturated rings. The number of aliphatic imine (C=N–C) groups is 1. The van der Waals surface area contributed by atoms with Crippen LogP contribution in [0, 0.1) is 5.21 Å². The van der Waals surface area contributed by atoms with Crippen LogP contribution in [0.4, 0.5) is 0 Å². The molecule has 1 aromatic rings. The van der Waals surface area contributed by atoms with Gasteiger partial charge in [0.25, 0.3) is 0 Å². The van der Waals surface area contributed by atoms with Gasteiger partial charge >= 0.3 is 0 Å². The van der Waals surface area contributed by atoms with Crippen molar-refractivity contribution in [2.45, 2.75) is 11.3 Å². The Labute approximate surface area is 132 Å². The van der Waals surface area contributed by atoms with Crippen LogP contribution in [0.1, 0.15) is 5.56 Å². The molecule has 2 heterocycles. The summed E-state index contributed by atoms with van der Waals surface area (Å²) in [6.07, 6.45) is 5.41. The Morgan fingerprint density at radius 3 is 2.86 bits per heavy atom. The van der Waals surface area contributed by atoms with Crippen molar-refractivity contribution in [3.8, 4) is 0 Å². The normalized spacial score (nSPS) is 34.5. The molecule has 112 valence electrons. The number of hydrogen-bond acceptors (Lipinski definition) is 3. The van der Waals surface area contributed by atoms with Crippen molar-refractivity contribution in [2.24, 2.45) is 4.99 Å². The van der Waals surface area contributed by atoms with Crippen LogP contribution < -0.4 is 5.32 Å². The Hall–Kier alpha value is -2.11. The highest BCUT2D eigenvalue weighted by Crippen LogP contribution is 2.54. The highest BCUT2D eigenvalue weighted by atomic mass is 35.5. The summed E-state index contributed by atoms with van der Waals surface area (Å²) in [5.41, 5.74) is -0.324. The average Bonchev–Trinajstić information content (AvgIpc) is 3.16. The predicted octanol–water partition coefficient (Wildman–Crippen LogP) is 1.78. The zero-order chi connectivity index (χ0) is 15.4. The third-order valence-corrected chi connectivity index (χ3v) is 4.43. The number of benzene rings is 1. The molecule has 0 spiro atoms. The SMILES string of the molecule is CN=C1C[N+]([O-])=C(c2ccccc2)C23C=C(Cl)C=CC2(N1)O3. The number of nitrogens with one attached hydrogen (secondary N) is 1. The van der Waals surface area contributed by atoms with E-state index in [0.717, 1.165) is 10.3 Å². The van der Waals surface area contributed by atoms with Crippen LogP contribution in [-0.4, -0.2) is 41.2 Å². The number of halogens is 1. The molecule has 4 rings (SSSR count). The first kappa shape index (κ1) is 13.5. The summed E-state index contributed by atoms with van der Waals surface area (Å²) < 4.78 is 6.95. The van der Waals surface area contributed by atoms with Crippen LogP contribution in [0.2, 0.25) is 0 Å². The molecule has 1 aliphatic carbocycles. The first-order valence-electron chi connectivity index (χ1n) is 6.99. The third kappa shape index (κ3) is 1.69. The van der Waals surface area contributed by atoms with Crippen LogP contribution in [0.5, 0.6) is 0 Å². The van der Waals surface area contributed by atoms with E-state index >= 15 is 0 Å². The molecule has 6 heteroatoms. The van der Waals surface area contributed by atoms with Crippen molar-refractivity contribution in [3.05, 3.63) is 64.4 Å². The van der Waals surface area contributed by atoms with E-state index in [4.69, 9.17) is 16.3 Å². The number of nitrogens with zero attached hydrogens (tertiary/aromatic N) is 2. The minimum Gasteiger partial charge on any atom is -0.623 e. The summed E-state index contributed by atoms with van der Waals surface area (Å²) >= 11 is 6.18. The predicted molar refractivity (Wildman–Crippen MR) is 85.2 cm³/mol. The molecule has 0 radical (unpaired) electrons. The molecule has 0 aromatic heterocycles. The summed E-state index contributed by atoms with van der Waals surface area (Å²) in [6.45, 7) is 0.146. The van der Waals surface area contributed by atoms with Gasteiger partial charge in [0, 0.05) is 17.6 Å². The minimum absolute atomic E-state index is 0.146. The fourth-order valence-corrected chi connectivity index (χ4v) is 3.37. The maximum absolute atomic E-state index is 12.8. The van der Waals surface area contributed by atoms with E-state index in [9.17, 15) is 5.21 Å². The Morgan fingerprint density at radius 2 is 2.14 bits per heavy atom. The number of ether oxygens (including phenoxy) is 1. The standard InChI is InChI=1S/C16H14ClN3O2/c1-18-13-10-20(21)14(11-5-3-2-4-6-11)15-9-12(17)7-8-16(15,19-13)22-15/h2-9H,10H2,1H3,(H,18,19). The molecule has 0 bridgehead atoms. The summed E-state index contributed by atoms with van der Waals surface area (Å²) in [5.74, 6) is 0.582. The molecule has 1 aromatic carbocycles. The zero-order valence-electron chi connectivity index (χ0n) is 11.9. The molecule has 22 heavy (non-hydrogen) atoms. The molecule has 3 aliphatic rings. The second-order valence-corrected chi connectivity index (χ2v) is 5.92. The van der Waals surface area contributed by atoms with E-state index in [0.29, 0.717) is 16.6 Å². The Kier molecular flexibility index (Phi) is 2.74. The summed E-state index contributed by atoms with van der Waals surface area (Å²) in [4.78, 5) is 4.15. The average molecular weight is 316 g/mol. The lowest BCUT2D eigenvalue weighted by atomic mass is 9.87. The number of hydrogen-bond donors (Lipinski definition) is 1. The number of hydroxylamine groups is 1. The zero-order valence-corrected chi connectivity index (χ0v) is 12.7. The Morgan fingerprint density at radius 1 is 1.36 bits per heavy atom. The van der Waals surface area contributed by atoms with Crippen LogP contribution >= 0.6 is 11.6 Å². The number of epoxide rings is 1. The van der Waals surface area contributed by atoms with Gasteiger partial charge < -0.3 is 15.3 Å². The van der Waals surface area contributed by atoms with Gasteiger partial charge in [0.15, 0.2) is 5.84 Å². The number of rotatable bonds is 1. The van der Waals surface area contributed by atoms with Crippen molar-refractivity contribution >= 4 is 23.1 Å². The van der Waals surface area contributed by atoms with Crippen molar-refractivity contribution in [3.63, 3.8) is 0 Å². The van der Waals surface area contributed by atoms with E-state index in [2.05, 4.69) is 10.3 Å². The number of amidine groups is 1. The Balaban J connectivity index is 1.96. The van der Waals surface area contributed by atoms with Crippen molar-refractivity contribution in [1.82, 2.24) is 5.32 Å². The molecule has 0 amide bonds. The largest absolute Gasteiger partial charge is 0.623 e. The maximum atomic E-state index is 12.8. The lowest BCUT2D eigenvalue weighted by molar-refractivity contribution is -0.442. The Bertz CT molecular complexity index is 769. The molecule has 1 saturated heterocycles. The molecule has 5 nitrogen and oxygen atoms in total. The second kappa shape index (κ2) is 4.44. The smallest absolute Gasteiger partial charge is 0.236 e. The van der Waals surface area contributed by atoms with Gasteiger partial charge in [0.1, 0.15) is 0 Å². The van der Waals surface area contributed by atoms with Gasteiger partial charge in [0.05, 0.1) is 0 Å². The van der Waals surface area contributed by atoms with Crippen LogP contribution in [0.3, 0.4) is 0 Å². The van der Waals surface area contributed by atoms with Gasteiger partial charge in [-0.1, -0.05) is 29.8 Å². The van der Waals surface area contributed by atoms with Gasteiger partial charge in [-0.15, -0.1) is 0 Å². The molecule has 0 saturated carbocycles. The van der Waals surface area contributed by atoms with Crippen LogP contribution in [0.25, 0.3) is 0 Å². The fraction of sp³-hybridized carbons (Fsp3) is 0.250. The quantitative estimate of drug-likeness (QED) is 0.488. The highest BCUT2D eigenvalue weighted by molar-refractivity contribution is 6.32. The number of allylic oxidation sites excluding steroid dienone is 2. The van der Waals surface area contributed by atoms with Gasteiger partial charge in [0.2, 0.25) is 23.6 Å². The monoisotopic (exact) mass is 315 g/mol. The van der Waals surface area contributed by atoms with Gasteiger partial charge in [-0.2, -0.15) is 4.74 Å². The topological polar surface area (TPSA) is 63.0 Å². The lowest BCUT2D eigenvalue weighted by Crippen LogP contribution is -2.44.